The third kappa shape index (κ3) is 3.82. The predicted molar refractivity (Wildman–Crippen MR) is 87.4 cm³/mol. The van der Waals surface area contributed by atoms with Crippen molar-refractivity contribution < 1.29 is 14.3 Å². The first-order valence-electron chi connectivity index (χ1n) is 8.21. The highest BCUT2D eigenvalue weighted by Gasteiger charge is 2.38. The summed E-state index contributed by atoms with van der Waals surface area (Å²) in [6.07, 6.45) is 2.53. The monoisotopic (exact) mass is 317 g/mol. The first kappa shape index (κ1) is 15.8. The normalized spacial score (nSPS) is 24.0. The van der Waals surface area contributed by atoms with Crippen LogP contribution < -0.4 is 15.4 Å². The van der Waals surface area contributed by atoms with Crippen LogP contribution in [0.3, 0.4) is 0 Å². The number of carbonyl (C=O) groups is 2. The number of ether oxygens (including phenoxy) is 1. The fraction of sp³-hybridized carbons (Fsp3) is 0.529. The maximum atomic E-state index is 12.3. The van der Waals surface area contributed by atoms with Crippen LogP contribution in [0.5, 0.6) is 5.75 Å². The lowest BCUT2D eigenvalue weighted by atomic mass is 10.1. The fourth-order valence-electron chi connectivity index (χ4n) is 3.40. The Morgan fingerprint density at radius 1 is 1.30 bits per heavy atom. The number of anilines is 1. The summed E-state index contributed by atoms with van der Waals surface area (Å²) in [5.74, 6) is 0.843. The van der Waals surface area contributed by atoms with E-state index in [0.717, 1.165) is 24.3 Å². The van der Waals surface area contributed by atoms with E-state index in [1.54, 1.807) is 0 Å². The van der Waals surface area contributed by atoms with Crippen LogP contribution in [0, 0.1) is 0 Å². The summed E-state index contributed by atoms with van der Waals surface area (Å²) >= 11 is 0. The van der Waals surface area contributed by atoms with Gasteiger partial charge in [-0.15, -0.1) is 0 Å². The highest BCUT2D eigenvalue weighted by molar-refractivity contribution is 5.92. The summed E-state index contributed by atoms with van der Waals surface area (Å²) in [5, 5.41) is 5.84. The molecular formula is C17H23N3O3. The lowest BCUT2D eigenvalue weighted by Crippen LogP contribution is -2.42. The lowest BCUT2D eigenvalue weighted by Gasteiger charge is -2.26. The van der Waals surface area contributed by atoms with Crippen molar-refractivity contribution in [2.75, 3.05) is 25.0 Å². The minimum absolute atomic E-state index is 0.0413. The maximum absolute atomic E-state index is 12.3. The second-order valence-electron chi connectivity index (χ2n) is 6.07. The molecule has 2 unspecified atom stereocenters. The Morgan fingerprint density at radius 2 is 2.04 bits per heavy atom. The Morgan fingerprint density at radius 3 is 2.78 bits per heavy atom. The molecule has 2 heterocycles. The molecule has 3 rings (SSSR count). The molecule has 2 bridgehead atoms. The van der Waals surface area contributed by atoms with Gasteiger partial charge in [-0.1, -0.05) is 0 Å². The van der Waals surface area contributed by atoms with Gasteiger partial charge in [0.15, 0.2) is 0 Å². The number of hydrogen-bond acceptors (Lipinski definition) is 4. The molecular weight excluding hydrogens is 294 g/mol. The zero-order valence-corrected chi connectivity index (χ0v) is 13.4. The van der Waals surface area contributed by atoms with Crippen LogP contribution in [0.1, 0.15) is 26.2 Å². The molecule has 0 spiro atoms. The van der Waals surface area contributed by atoms with Gasteiger partial charge >= 0.3 is 0 Å². The van der Waals surface area contributed by atoms with Crippen LogP contribution in [-0.4, -0.2) is 48.5 Å². The summed E-state index contributed by atoms with van der Waals surface area (Å²) in [4.78, 5) is 26.1. The standard InChI is InChI=1S/C17H23N3O3/c1-2-23-15-7-3-12(4-8-15)19-17(22)11-20-13-5-6-14(20)10-18-16(21)9-13/h3-4,7-8,13-14H,2,5-6,9-11H2,1H3,(H,18,21)(H,19,22). The van der Waals surface area contributed by atoms with Crippen LogP contribution in [-0.2, 0) is 9.59 Å². The number of hydrogen-bond donors (Lipinski definition) is 2. The molecule has 2 saturated heterocycles. The van der Waals surface area contributed by atoms with Crippen molar-refractivity contribution in [3.05, 3.63) is 24.3 Å². The predicted octanol–water partition coefficient (Wildman–Crippen LogP) is 1.38. The van der Waals surface area contributed by atoms with E-state index in [-0.39, 0.29) is 23.9 Å². The van der Waals surface area contributed by atoms with Gasteiger partial charge in [0.1, 0.15) is 5.75 Å². The molecule has 6 heteroatoms. The number of fused-ring (bicyclic) bond motifs is 2. The molecule has 2 N–H and O–H groups in total. The zero-order chi connectivity index (χ0) is 16.2. The zero-order valence-electron chi connectivity index (χ0n) is 13.4. The summed E-state index contributed by atoms with van der Waals surface area (Å²) in [5.41, 5.74) is 0.759. The molecule has 1 aromatic rings. The van der Waals surface area contributed by atoms with Gasteiger partial charge in [0.2, 0.25) is 11.8 Å². The molecule has 0 saturated carbocycles. The van der Waals surface area contributed by atoms with Gasteiger partial charge in [0.05, 0.1) is 13.2 Å². The van der Waals surface area contributed by atoms with Gasteiger partial charge in [-0.05, 0) is 44.0 Å². The summed E-state index contributed by atoms with van der Waals surface area (Å²) in [6, 6.07) is 7.83. The van der Waals surface area contributed by atoms with Crippen LogP contribution in [0.4, 0.5) is 5.69 Å². The molecule has 2 amide bonds. The van der Waals surface area contributed by atoms with Crippen molar-refractivity contribution in [3.8, 4) is 5.75 Å². The quantitative estimate of drug-likeness (QED) is 0.861. The summed E-state index contributed by atoms with van der Waals surface area (Å²) in [6.45, 7) is 3.53. The molecule has 2 aliphatic rings. The van der Waals surface area contributed by atoms with Gasteiger partial charge < -0.3 is 15.4 Å². The molecule has 124 valence electrons. The van der Waals surface area contributed by atoms with Gasteiger partial charge in [-0.25, -0.2) is 0 Å². The SMILES string of the molecule is CCOc1ccc(NC(=O)CN2C3CCC2CC(=O)NC3)cc1. The highest BCUT2D eigenvalue weighted by atomic mass is 16.5. The largest absolute Gasteiger partial charge is 0.494 e. The first-order valence-corrected chi connectivity index (χ1v) is 8.21. The molecule has 1 aromatic carbocycles. The van der Waals surface area contributed by atoms with Crippen LogP contribution in [0.15, 0.2) is 24.3 Å². The number of carbonyl (C=O) groups excluding carboxylic acids is 2. The molecule has 0 radical (unpaired) electrons. The minimum atomic E-state index is -0.0413. The number of amides is 2. The van der Waals surface area contributed by atoms with E-state index in [4.69, 9.17) is 4.74 Å². The Balaban J connectivity index is 1.57. The first-order chi connectivity index (χ1) is 11.2. The van der Waals surface area contributed by atoms with Gasteiger partial charge in [0.25, 0.3) is 0 Å². The Labute approximate surface area is 136 Å². The van der Waals surface area contributed by atoms with Crippen molar-refractivity contribution in [3.63, 3.8) is 0 Å². The minimum Gasteiger partial charge on any atom is -0.494 e. The molecule has 2 aliphatic heterocycles. The molecule has 0 aromatic heterocycles. The van der Waals surface area contributed by atoms with E-state index in [1.165, 1.54) is 0 Å². The summed E-state index contributed by atoms with van der Waals surface area (Å²) < 4.78 is 5.39. The van der Waals surface area contributed by atoms with Gasteiger partial charge in [-0.2, -0.15) is 0 Å². The topological polar surface area (TPSA) is 70.7 Å². The fourth-order valence-corrected chi connectivity index (χ4v) is 3.40. The molecule has 2 atom stereocenters. The summed E-state index contributed by atoms with van der Waals surface area (Å²) in [7, 11) is 0. The van der Waals surface area contributed by atoms with E-state index < -0.39 is 0 Å². The van der Waals surface area contributed by atoms with Crippen molar-refractivity contribution in [2.45, 2.75) is 38.3 Å². The smallest absolute Gasteiger partial charge is 0.238 e. The van der Waals surface area contributed by atoms with E-state index in [9.17, 15) is 9.59 Å². The molecule has 2 fully saturated rings. The van der Waals surface area contributed by atoms with Crippen molar-refractivity contribution in [1.82, 2.24) is 10.2 Å². The average Bonchev–Trinajstić information content (AvgIpc) is 2.80. The Bertz CT molecular complexity index is 573. The van der Waals surface area contributed by atoms with E-state index >= 15 is 0 Å². The molecule has 6 nitrogen and oxygen atoms in total. The third-order valence-electron chi connectivity index (χ3n) is 4.50. The molecule has 0 aliphatic carbocycles. The van der Waals surface area contributed by atoms with E-state index in [0.29, 0.717) is 26.1 Å². The van der Waals surface area contributed by atoms with Gasteiger partial charge in [0, 0.05) is 30.7 Å². The second-order valence-corrected chi connectivity index (χ2v) is 6.07. The third-order valence-corrected chi connectivity index (χ3v) is 4.50. The number of nitrogens with zero attached hydrogens (tertiary/aromatic N) is 1. The Hall–Kier alpha value is -2.08. The maximum Gasteiger partial charge on any atom is 0.238 e. The second kappa shape index (κ2) is 7.00. The van der Waals surface area contributed by atoms with Crippen molar-refractivity contribution >= 4 is 17.5 Å². The van der Waals surface area contributed by atoms with Crippen LogP contribution in [0.25, 0.3) is 0 Å². The molecule has 23 heavy (non-hydrogen) atoms. The van der Waals surface area contributed by atoms with E-state index in [1.807, 2.05) is 31.2 Å². The van der Waals surface area contributed by atoms with Crippen LogP contribution >= 0.6 is 0 Å². The van der Waals surface area contributed by atoms with Crippen molar-refractivity contribution in [1.29, 1.82) is 0 Å². The highest BCUT2D eigenvalue weighted by Crippen LogP contribution is 2.28. The van der Waals surface area contributed by atoms with Gasteiger partial charge in [-0.3, -0.25) is 14.5 Å². The number of benzene rings is 1. The average molecular weight is 317 g/mol. The van der Waals surface area contributed by atoms with Crippen molar-refractivity contribution in [2.24, 2.45) is 0 Å². The van der Waals surface area contributed by atoms with Crippen LogP contribution in [0.2, 0.25) is 0 Å². The Kier molecular flexibility index (Phi) is 4.81. The number of nitrogens with one attached hydrogen (secondary N) is 2. The number of rotatable bonds is 5. The lowest BCUT2D eigenvalue weighted by molar-refractivity contribution is -0.122. The van der Waals surface area contributed by atoms with E-state index in [2.05, 4.69) is 15.5 Å².